The topological polar surface area (TPSA) is 65.6 Å². The van der Waals surface area contributed by atoms with Crippen LogP contribution in [0, 0.1) is 0 Å². The average molecular weight is 375 g/mol. The number of aromatic nitrogens is 1. The third-order valence-corrected chi connectivity index (χ3v) is 5.86. The summed E-state index contributed by atoms with van der Waals surface area (Å²) in [6.07, 6.45) is 0.523. The van der Waals surface area contributed by atoms with Gasteiger partial charge in [-0.1, -0.05) is 30.3 Å². The first-order chi connectivity index (χ1) is 13.6. The number of methoxy groups -OCH3 is 1. The van der Waals surface area contributed by atoms with E-state index in [4.69, 9.17) is 4.74 Å². The number of amides is 2. The molecule has 5 rings (SSSR count). The molecule has 142 valence electrons. The molecule has 0 spiro atoms. The summed E-state index contributed by atoms with van der Waals surface area (Å²) in [6.45, 7) is 0.103. The predicted octanol–water partition coefficient (Wildman–Crippen LogP) is 2.49. The lowest BCUT2D eigenvalue weighted by molar-refractivity contribution is -0.157. The maximum atomic E-state index is 13.0. The zero-order chi connectivity index (χ0) is 19.4. The van der Waals surface area contributed by atoms with Crippen molar-refractivity contribution in [2.45, 2.75) is 18.5 Å². The van der Waals surface area contributed by atoms with Gasteiger partial charge in [-0.2, -0.15) is 0 Å². The maximum Gasteiger partial charge on any atom is 0.245 e. The highest BCUT2D eigenvalue weighted by Crippen LogP contribution is 2.42. The van der Waals surface area contributed by atoms with Crippen LogP contribution in [0.5, 0.6) is 5.75 Å². The quantitative estimate of drug-likeness (QED) is 0.748. The molecule has 0 bridgehead atoms. The number of carbonyl (C=O) groups excluding carboxylic acids is 2. The molecule has 0 unspecified atom stereocenters. The minimum absolute atomic E-state index is 0.0107. The van der Waals surface area contributed by atoms with Crippen molar-refractivity contribution >= 4 is 22.7 Å². The Hall–Kier alpha value is -3.28. The van der Waals surface area contributed by atoms with E-state index in [2.05, 4.69) is 11.1 Å². The molecule has 6 nitrogen and oxygen atoms in total. The Morgan fingerprint density at radius 3 is 2.75 bits per heavy atom. The second kappa shape index (κ2) is 6.12. The van der Waals surface area contributed by atoms with E-state index in [9.17, 15) is 9.59 Å². The highest BCUT2D eigenvalue weighted by Gasteiger charge is 2.47. The molecule has 2 amide bonds. The van der Waals surface area contributed by atoms with E-state index < -0.39 is 6.04 Å². The smallest absolute Gasteiger partial charge is 0.245 e. The SMILES string of the molecule is COc1cccc([C@H]2c3[nH]c4ccccc4c3C[C@H]3C(=O)N(C)CC(=O)N23)c1. The van der Waals surface area contributed by atoms with Crippen LogP contribution in [0.15, 0.2) is 48.5 Å². The molecule has 0 saturated carbocycles. The fourth-order valence-electron chi connectivity index (χ4n) is 4.56. The summed E-state index contributed by atoms with van der Waals surface area (Å²) in [5, 5.41) is 1.11. The van der Waals surface area contributed by atoms with Crippen LogP contribution in [-0.4, -0.2) is 53.3 Å². The summed E-state index contributed by atoms with van der Waals surface area (Å²) in [5.41, 5.74) is 4.05. The number of nitrogens with one attached hydrogen (secondary N) is 1. The van der Waals surface area contributed by atoms with Gasteiger partial charge in [0.1, 0.15) is 11.8 Å². The highest BCUT2D eigenvalue weighted by atomic mass is 16.5. The second-order valence-electron chi connectivity index (χ2n) is 7.46. The van der Waals surface area contributed by atoms with Gasteiger partial charge in [-0.05, 0) is 29.3 Å². The number of H-pyrrole nitrogens is 1. The molecule has 1 aromatic heterocycles. The van der Waals surface area contributed by atoms with Gasteiger partial charge in [0.2, 0.25) is 11.8 Å². The molecule has 1 fully saturated rings. The van der Waals surface area contributed by atoms with Crippen molar-refractivity contribution in [3.63, 3.8) is 0 Å². The van der Waals surface area contributed by atoms with Crippen molar-refractivity contribution in [2.75, 3.05) is 20.7 Å². The molecule has 0 radical (unpaired) electrons. The van der Waals surface area contributed by atoms with Gasteiger partial charge in [-0.25, -0.2) is 0 Å². The molecule has 2 aliphatic heterocycles. The molecule has 1 saturated heterocycles. The zero-order valence-corrected chi connectivity index (χ0v) is 15.8. The molecule has 0 aliphatic carbocycles. The Morgan fingerprint density at radius 1 is 1.11 bits per heavy atom. The number of rotatable bonds is 2. The monoisotopic (exact) mass is 375 g/mol. The minimum atomic E-state index is -0.492. The first kappa shape index (κ1) is 16.9. The van der Waals surface area contributed by atoms with Crippen molar-refractivity contribution in [3.8, 4) is 5.75 Å². The van der Waals surface area contributed by atoms with Gasteiger partial charge >= 0.3 is 0 Å². The largest absolute Gasteiger partial charge is 0.497 e. The van der Waals surface area contributed by atoms with Crippen molar-refractivity contribution in [3.05, 3.63) is 65.4 Å². The van der Waals surface area contributed by atoms with Crippen LogP contribution in [-0.2, 0) is 16.0 Å². The lowest BCUT2D eigenvalue weighted by atomic mass is 9.86. The van der Waals surface area contributed by atoms with Gasteiger partial charge in [0, 0.05) is 30.1 Å². The fraction of sp³-hybridized carbons (Fsp3) is 0.273. The minimum Gasteiger partial charge on any atom is -0.497 e. The van der Waals surface area contributed by atoms with E-state index in [-0.39, 0.29) is 24.4 Å². The second-order valence-corrected chi connectivity index (χ2v) is 7.46. The first-order valence-electron chi connectivity index (χ1n) is 9.38. The Bertz CT molecular complexity index is 1100. The number of benzene rings is 2. The third-order valence-electron chi connectivity index (χ3n) is 5.86. The summed E-state index contributed by atoms with van der Waals surface area (Å²) in [5.74, 6) is 0.679. The van der Waals surface area contributed by atoms with Crippen LogP contribution >= 0.6 is 0 Å². The number of fused-ring (bicyclic) bond motifs is 4. The van der Waals surface area contributed by atoms with Crippen LogP contribution in [0.25, 0.3) is 10.9 Å². The number of para-hydroxylation sites is 1. The van der Waals surface area contributed by atoms with Crippen LogP contribution in [0.4, 0.5) is 0 Å². The van der Waals surface area contributed by atoms with Crippen molar-refractivity contribution < 1.29 is 14.3 Å². The summed E-state index contributed by atoms with van der Waals surface area (Å²) >= 11 is 0. The van der Waals surface area contributed by atoms with Gasteiger partial charge in [-0.15, -0.1) is 0 Å². The average Bonchev–Trinajstić information content (AvgIpc) is 3.09. The molecule has 6 heteroatoms. The van der Waals surface area contributed by atoms with E-state index in [1.807, 2.05) is 42.5 Å². The van der Waals surface area contributed by atoms with Crippen LogP contribution in [0.2, 0.25) is 0 Å². The summed E-state index contributed by atoms with van der Waals surface area (Å²) in [6, 6.07) is 15.0. The van der Waals surface area contributed by atoms with Crippen LogP contribution < -0.4 is 4.74 Å². The van der Waals surface area contributed by atoms with Crippen LogP contribution in [0.1, 0.15) is 22.9 Å². The summed E-state index contributed by atoms with van der Waals surface area (Å²) < 4.78 is 5.40. The van der Waals surface area contributed by atoms with Crippen molar-refractivity contribution in [1.82, 2.24) is 14.8 Å². The molecule has 2 aromatic carbocycles. The molecule has 3 aromatic rings. The highest BCUT2D eigenvalue weighted by molar-refractivity contribution is 5.97. The molecular formula is C22H21N3O3. The Balaban J connectivity index is 1.76. The van der Waals surface area contributed by atoms with E-state index in [1.54, 1.807) is 19.1 Å². The Kier molecular flexibility index (Phi) is 3.69. The van der Waals surface area contributed by atoms with Gasteiger partial charge in [-0.3, -0.25) is 9.59 Å². The van der Waals surface area contributed by atoms with Crippen molar-refractivity contribution in [1.29, 1.82) is 0 Å². The van der Waals surface area contributed by atoms with Gasteiger partial charge in [0.25, 0.3) is 0 Å². The van der Waals surface area contributed by atoms with Gasteiger partial charge < -0.3 is 19.5 Å². The first-order valence-corrected chi connectivity index (χ1v) is 9.38. The van der Waals surface area contributed by atoms with E-state index in [0.29, 0.717) is 6.42 Å². The number of nitrogens with zero attached hydrogens (tertiary/aromatic N) is 2. The molecule has 2 atom stereocenters. The third kappa shape index (κ3) is 2.34. The summed E-state index contributed by atoms with van der Waals surface area (Å²) in [7, 11) is 3.32. The lowest BCUT2D eigenvalue weighted by Gasteiger charge is -2.46. The predicted molar refractivity (Wildman–Crippen MR) is 105 cm³/mol. The number of hydrogen-bond acceptors (Lipinski definition) is 3. The van der Waals surface area contributed by atoms with E-state index >= 15 is 0 Å². The Morgan fingerprint density at radius 2 is 1.93 bits per heavy atom. The number of carbonyl (C=O) groups is 2. The number of hydrogen-bond donors (Lipinski definition) is 1. The number of ether oxygens (including phenoxy) is 1. The zero-order valence-electron chi connectivity index (χ0n) is 15.8. The van der Waals surface area contributed by atoms with E-state index in [0.717, 1.165) is 33.5 Å². The molecule has 3 heterocycles. The summed E-state index contributed by atoms with van der Waals surface area (Å²) in [4.78, 5) is 32.8. The molecule has 1 N–H and O–H groups in total. The normalized spacial score (nSPS) is 21.6. The molecule has 2 aliphatic rings. The van der Waals surface area contributed by atoms with Gasteiger partial charge in [0.15, 0.2) is 0 Å². The Labute approximate surface area is 162 Å². The number of likely N-dealkylation sites (N-methyl/N-ethyl adjacent to an activating group) is 1. The van der Waals surface area contributed by atoms with Crippen LogP contribution in [0.3, 0.4) is 0 Å². The molecular weight excluding hydrogens is 354 g/mol. The molecule has 28 heavy (non-hydrogen) atoms. The number of piperazine rings is 1. The lowest BCUT2D eigenvalue weighted by Crippen LogP contribution is -2.62. The van der Waals surface area contributed by atoms with E-state index in [1.165, 1.54) is 4.90 Å². The van der Waals surface area contributed by atoms with Gasteiger partial charge in [0.05, 0.1) is 19.7 Å². The van der Waals surface area contributed by atoms with Crippen molar-refractivity contribution in [2.24, 2.45) is 0 Å². The standard InChI is InChI=1S/C22H21N3O3/c1-24-12-19(26)25-18(22(24)27)11-16-15-8-3-4-9-17(15)23-20(16)21(25)13-6-5-7-14(10-13)28-2/h3-10,18,21,23H,11-12H2,1-2H3/t18-,21-/m0/s1. The maximum absolute atomic E-state index is 13.0. The number of aromatic amines is 1. The fourth-order valence-corrected chi connectivity index (χ4v) is 4.56.